The van der Waals surface area contributed by atoms with Crippen molar-refractivity contribution in [2.45, 2.75) is 12.6 Å². The van der Waals surface area contributed by atoms with E-state index >= 15 is 0 Å². The van der Waals surface area contributed by atoms with Crippen LogP contribution in [0.25, 0.3) is 11.4 Å². The first-order valence-electron chi connectivity index (χ1n) is 8.89. The Labute approximate surface area is 161 Å². The van der Waals surface area contributed by atoms with Crippen LogP contribution in [0, 0.1) is 0 Å². The van der Waals surface area contributed by atoms with Crippen molar-refractivity contribution < 1.29 is 23.8 Å². The Morgan fingerprint density at radius 1 is 1.46 bits per heavy atom. The van der Waals surface area contributed by atoms with Gasteiger partial charge in [-0.3, -0.25) is 9.69 Å². The van der Waals surface area contributed by atoms with Gasteiger partial charge in [0.25, 0.3) is 0 Å². The largest absolute Gasteiger partial charge is 0.491 e. The molecule has 0 bridgehead atoms. The quantitative estimate of drug-likeness (QED) is 0.752. The number of hydrogen-bond acceptors (Lipinski definition) is 7. The second-order valence-electron chi connectivity index (χ2n) is 6.57. The zero-order valence-corrected chi connectivity index (χ0v) is 15.4. The van der Waals surface area contributed by atoms with E-state index in [1.165, 1.54) is 4.90 Å². The van der Waals surface area contributed by atoms with Crippen LogP contribution in [0.1, 0.15) is 0 Å². The third kappa shape index (κ3) is 3.46. The number of amides is 2. The molecule has 10 heteroatoms. The first kappa shape index (κ1) is 18.1. The maximum absolute atomic E-state index is 12.2. The van der Waals surface area contributed by atoms with Crippen molar-refractivity contribution in [3.63, 3.8) is 0 Å². The number of imidazole rings is 1. The zero-order valence-electron chi connectivity index (χ0n) is 15.4. The van der Waals surface area contributed by atoms with E-state index in [2.05, 4.69) is 10.3 Å². The van der Waals surface area contributed by atoms with Gasteiger partial charge in [-0.25, -0.2) is 9.78 Å². The Morgan fingerprint density at radius 2 is 2.32 bits per heavy atom. The van der Waals surface area contributed by atoms with Gasteiger partial charge in [0.1, 0.15) is 24.3 Å². The summed E-state index contributed by atoms with van der Waals surface area (Å²) in [6.45, 7) is 1.81. The molecule has 3 heterocycles. The van der Waals surface area contributed by atoms with E-state index in [9.17, 15) is 9.59 Å². The maximum Gasteiger partial charge on any atom is 0.416 e. The fourth-order valence-electron chi connectivity index (χ4n) is 3.28. The van der Waals surface area contributed by atoms with E-state index in [-0.39, 0.29) is 12.6 Å². The molecule has 2 aliphatic rings. The number of methoxy groups -OCH3 is 1. The third-order valence-electron chi connectivity index (χ3n) is 4.55. The van der Waals surface area contributed by atoms with Crippen molar-refractivity contribution >= 4 is 23.5 Å². The molecule has 1 aromatic heterocycles. The zero-order chi connectivity index (χ0) is 19.7. The van der Waals surface area contributed by atoms with Crippen LogP contribution in [-0.4, -0.2) is 61.1 Å². The summed E-state index contributed by atoms with van der Waals surface area (Å²) in [7, 11) is 1.57. The average Bonchev–Trinajstić information content (AvgIpc) is 3.19. The van der Waals surface area contributed by atoms with Crippen LogP contribution in [0.15, 0.2) is 24.4 Å². The van der Waals surface area contributed by atoms with Gasteiger partial charge in [-0.15, -0.1) is 0 Å². The van der Waals surface area contributed by atoms with Crippen molar-refractivity contribution in [2.75, 3.05) is 43.6 Å². The van der Waals surface area contributed by atoms with Crippen LogP contribution >= 0.6 is 0 Å². The van der Waals surface area contributed by atoms with E-state index in [0.717, 1.165) is 11.3 Å². The van der Waals surface area contributed by atoms with Gasteiger partial charge in [0.2, 0.25) is 5.91 Å². The summed E-state index contributed by atoms with van der Waals surface area (Å²) in [5.74, 6) is 1.43. The fraction of sp³-hybridized carbons (Fsp3) is 0.389. The predicted octanol–water partition coefficient (Wildman–Crippen LogP) is 0.811. The van der Waals surface area contributed by atoms with Crippen molar-refractivity contribution in [2.24, 2.45) is 5.73 Å². The van der Waals surface area contributed by atoms with Crippen molar-refractivity contribution in [3.05, 3.63) is 24.4 Å². The number of hydrogen-bond donors (Lipinski definition) is 2. The fourth-order valence-corrected chi connectivity index (χ4v) is 3.28. The van der Waals surface area contributed by atoms with Gasteiger partial charge in [-0.1, -0.05) is 0 Å². The molecular formula is C18H21N5O5. The van der Waals surface area contributed by atoms with Gasteiger partial charge in [-0.2, -0.15) is 0 Å². The van der Waals surface area contributed by atoms with Crippen LogP contribution in [-0.2, 0) is 20.8 Å². The summed E-state index contributed by atoms with van der Waals surface area (Å²) < 4.78 is 18.2. The molecular weight excluding hydrogens is 366 g/mol. The van der Waals surface area contributed by atoms with E-state index < -0.39 is 12.0 Å². The van der Waals surface area contributed by atoms with Gasteiger partial charge < -0.3 is 29.8 Å². The molecule has 2 amide bonds. The summed E-state index contributed by atoms with van der Waals surface area (Å²) in [5, 5.41) is 2.95. The lowest BCUT2D eigenvalue weighted by Crippen LogP contribution is -2.26. The molecule has 4 rings (SSSR count). The molecule has 1 aromatic carbocycles. The lowest BCUT2D eigenvalue weighted by atomic mass is 10.1. The number of cyclic esters (lactones) is 1. The number of benzene rings is 1. The van der Waals surface area contributed by atoms with Crippen LogP contribution in [0.2, 0.25) is 0 Å². The van der Waals surface area contributed by atoms with Crippen LogP contribution in [0.3, 0.4) is 0 Å². The molecule has 2 aliphatic heterocycles. The molecule has 1 fully saturated rings. The topological polar surface area (TPSA) is 121 Å². The van der Waals surface area contributed by atoms with Gasteiger partial charge in [0.15, 0.2) is 5.82 Å². The number of primary amides is 1. The van der Waals surface area contributed by atoms with E-state index in [1.54, 1.807) is 13.2 Å². The van der Waals surface area contributed by atoms with Crippen LogP contribution in [0.5, 0.6) is 5.75 Å². The lowest BCUT2D eigenvalue weighted by Gasteiger charge is -2.11. The Hall–Kier alpha value is -3.27. The minimum atomic E-state index is -0.444. The summed E-state index contributed by atoms with van der Waals surface area (Å²) in [6, 6.07) is 5.50. The summed E-state index contributed by atoms with van der Waals surface area (Å²) in [5.41, 5.74) is 6.70. The van der Waals surface area contributed by atoms with Gasteiger partial charge in [0, 0.05) is 25.1 Å². The number of carbonyl (C=O) groups is 2. The molecule has 0 saturated carbocycles. The summed E-state index contributed by atoms with van der Waals surface area (Å²) in [6.07, 6.45) is 1.08. The first-order chi connectivity index (χ1) is 13.5. The number of aromatic nitrogens is 2. The van der Waals surface area contributed by atoms with Gasteiger partial charge in [0.05, 0.1) is 31.8 Å². The van der Waals surface area contributed by atoms with E-state index in [1.807, 2.05) is 22.9 Å². The van der Waals surface area contributed by atoms with Gasteiger partial charge >= 0.3 is 6.09 Å². The highest BCUT2D eigenvalue weighted by molar-refractivity contribution is 5.89. The average molecular weight is 387 g/mol. The molecule has 1 saturated heterocycles. The standard InChI is InChI=1S/C18H21N5O5/c1-26-10-12-8-23(18(25)28-12)16-9-22-4-5-27-14-6-11(20-7-15(19)24)2-3-13(14)17(22)21-16/h2-3,6,9,12,20H,4-5,7-8,10H2,1H3,(H2,19,24). The number of nitrogens with two attached hydrogens (primary N) is 1. The maximum atomic E-state index is 12.2. The number of nitrogens with one attached hydrogen (secondary N) is 1. The Bertz CT molecular complexity index is 912. The molecule has 1 atom stereocenters. The van der Waals surface area contributed by atoms with Crippen molar-refractivity contribution in [1.29, 1.82) is 0 Å². The molecule has 148 valence electrons. The molecule has 3 N–H and O–H groups in total. The normalized spacial score (nSPS) is 18.0. The highest BCUT2D eigenvalue weighted by atomic mass is 16.6. The van der Waals surface area contributed by atoms with E-state index in [0.29, 0.717) is 43.7 Å². The van der Waals surface area contributed by atoms with E-state index in [4.69, 9.17) is 19.9 Å². The van der Waals surface area contributed by atoms with Crippen molar-refractivity contribution in [1.82, 2.24) is 9.55 Å². The third-order valence-corrected chi connectivity index (χ3v) is 4.55. The number of ether oxygens (including phenoxy) is 3. The summed E-state index contributed by atoms with van der Waals surface area (Å²) in [4.78, 5) is 29.3. The number of carbonyl (C=O) groups excluding carboxylic acids is 2. The molecule has 0 radical (unpaired) electrons. The first-order valence-corrected chi connectivity index (χ1v) is 8.89. The molecule has 10 nitrogen and oxygen atoms in total. The Kier molecular flexibility index (Phi) is 4.78. The highest BCUT2D eigenvalue weighted by Gasteiger charge is 2.34. The second kappa shape index (κ2) is 7.39. The minimum Gasteiger partial charge on any atom is -0.491 e. The second-order valence-corrected chi connectivity index (χ2v) is 6.57. The monoisotopic (exact) mass is 387 g/mol. The Balaban J connectivity index is 1.61. The summed E-state index contributed by atoms with van der Waals surface area (Å²) >= 11 is 0. The number of anilines is 2. The molecule has 2 aromatic rings. The molecule has 0 aliphatic carbocycles. The number of fused-ring (bicyclic) bond motifs is 3. The molecule has 28 heavy (non-hydrogen) atoms. The molecule has 1 unspecified atom stereocenters. The SMILES string of the molecule is COCC1CN(c2cn3c(n2)-c2ccc(NCC(N)=O)cc2OCC3)C(=O)O1. The smallest absolute Gasteiger partial charge is 0.416 e. The minimum absolute atomic E-state index is 0.0390. The van der Waals surface area contributed by atoms with Gasteiger partial charge in [-0.05, 0) is 12.1 Å². The lowest BCUT2D eigenvalue weighted by molar-refractivity contribution is -0.116. The molecule has 0 spiro atoms. The Morgan fingerprint density at radius 3 is 3.11 bits per heavy atom. The number of nitrogens with zero attached hydrogens (tertiary/aromatic N) is 3. The van der Waals surface area contributed by atoms with Crippen LogP contribution in [0.4, 0.5) is 16.3 Å². The number of rotatable bonds is 6. The van der Waals surface area contributed by atoms with Crippen LogP contribution < -0.4 is 20.7 Å². The highest BCUT2D eigenvalue weighted by Crippen LogP contribution is 2.36. The van der Waals surface area contributed by atoms with Crippen molar-refractivity contribution in [3.8, 4) is 17.1 Å². The predicted molar refractivity (Wildman–Crippen MR) is 100 cm³/mol.